The minimum atomic E-state index is -0.200. The Labute approximate surface area is 171 Å². The van der Waals surface area contributed by atoms with E-state index in [1.165, 1.54) is 50.9 Å². The number of aromatic nitrogens is 1. The van der Waals surface area contributed by atoms with Crippen LogP contribution in [0.15, 0.2) is 29.6 Å². The summed E-state index contributed by atoms with van der Waals surface area (Å²) in [4.78, 5) is 7.21. The largest absolute Gasteiger partial charge is 0.348 e. The van der Waals surface area contributed by atoms with Crippen LogP contribution in [0.3, 0.4) is 0 Å². The van der Waals surface area contributed by atoms with Gasteiger partial charge in [-0.3, -0.25) is 0 Å². The summed E-state index contributed by atoms with van der Waals surface area (Å²) in [5.74, 6) is 1.61. The fourth-order valence-corrected chi connectivity index (χ4v) is 4.93. The Morgan fingerprint density at radius 2 is 1.58 bits per heavy atom. The zero-order valence-corrected chi connectivity index (χ0v) is 17.1. The van der Waals surface area contributed by atoms with Crippen molar-refractivity contribution in [1.29, 1.82) is 0 Å². The topological polar surface area (TPSA) is 28.2 Å². The van der Waals surface area contributed by atoms with Crippen LogP contribution in [0, 0.1) is 17.7 Å². The molecule has 0 amide bonds. The van der Waals surface area contributed by atoms with Gasteiger partial charge >= 0.3 is 0 Å². The fourth-order valence-electron chi connectivity index (χ4n) is 4.04. The first-order valence-electron chi connectivity index (χ1n) is 8.97. The molecule has 2 aliphatic rings. The number of nitrogens with one attached hydrogen (secondary N) is 1. The summed E-state index contributed by atoms with van der Waals surface area (Å²) in [6.07, 6.45) is 5.26. The first-order chi connectivity index (χ1) is 11.8. The van der Waals surface area contributed by atoms with Gasteiger partial charge in [0, 0.05) is 24.0 Å². The van der Waals surface area contributed by atoms with Gasteiger partial charge in [-0.15, -0.1) is 36.2 Å². The SMILES string of the molecule is Cl.Cl.Fc1ccc(-c2csc(N3CCC(C4CCNCC4)CC3)n2)cc1. The molecular formula is C19H26Cl2FN3S. The van der Waals surface area contributed by atoms with Gasteiger partial charge < -0.3 is 10.2 Å². The normalized spacial score (nSPS) is 18.9. The van der Waals surface area contributed by atoms with Gasteiger partial charge in [-0.25, -0.2) is 9.37 Å². The third kappa shape index (κ3) is 4.89. The lowest BCUT2D eigenvalue weighted by Gasteiger charge is -2.37. The third-order valence-electron chi connectivity index (χ3n) is 5.49. The van der Waals surface area contributed by atoms with Crippen LogP contribution in [0.5, 0.6) is 0 Å². The van der Waals surface area contributed by atoms with E-state index in [0.717, 1.165) is 41.3 Å². The lowest BCUT2D eigenvalue weighted by Crippen LogP contribution is -2.39. The Balaban J connectivity index is 0.00000121. The van der Waals surface area contributed by atoms with Gasteiger partial charge in [-0.2, -0.15) is 0 Å². The van der Waals surface area contributed by atoms with Crippen LogP contribution in [-0.4, -0.2) is 31.2 Å². The Morgan fingerprint density at radius 1 is 0.962 bits per heavy atom. The van der Waals surface area contributed by atoms with Crippen molar-refractivity contribution < 1.29 is 4.39 Å². The zero-order chi connectivity index (χ0) is 16.4. The molecule has 0 atom stereocenters. The van der Waals surface area contributed by atoms with Gasteiger partial charge in [0.25, 0.3) is 0 Å². The molecule has 2 aliphatic heterocycles. The summed E-state index contributed by atoms with van der Waals surface area (Å²) >= 11 is 1.70. The summed E-state index contributed by atoms with van der Waals surface area (Å²) < 4.78 is 13.1. The van der Waals surface area contributed by atoms with E-state index in [4.69, 9.17) is 4.98 Å². The summed E-state index contributed by atoms with van der Waals surface area (Å²) in [6.45, 7) is 4.62. The summed E-state index contributed by atoms with van der Waals surface area (Å²) in [5, 5.41) is 6.66. The molecule has 1 aromatic carbocycles. The minimum Gasteiger partial charge on any atom is -0.348 e. The van der Waals surface area contributed by atoms with E-state index < -0.39 is 0 Å². The second kappa shape index (κ2) is 9.88. The fraction of sp³-hybridized carbons (Fsp3) is 0.526. The van der Waals surface area contributed by atoms with Gasteiger partial charge in [0.2, 0.25) is 0 Å². The highest BCUT2D eigenvalue weighted by atomic mass is 35.5. The highest BCUT2D eigenvalue weighted by Gasteiger charge is 2.28. The summed E-state index contributed by atoms with van der Waals surface area (Å²) in [7, 11) is 0. The molecule has 0 spiro atoms. The maximum absolute atomic E-state index is 13.1. The van der Waals surface area contributed by atoms with Crippen LogP contribution in [0.1, 0.15) is 25.7 Å². The number of piperidine rings is 2. The molecule has 4 rings (SSSR count). The van der Waals surface area contributed by atoms with E-state index in [-0.39, 0.29) is 30.6 Å². The highest BCUT2D eigenvalue weighted by Crippen LogP contribution is 2.34. The molecule has 1 N–H and O–H groups in total. The van der Waals surface area contributed by atoms with Crippen LogP contribution in [-0.2, 0) is 0 Å². The second-order valence-corrected chi connectivity index (χ2v) is 7.77. The second-order valence-electron chi connectivity index (χ2n) is 6.93. The molecule has 0 saturated carbocycles. The van der Waals surface area contributed by atoms with Crippen molar-refractivity contribution in [1.82, 2.24) is 10.3 Å². The molecule has 0 unspecified atom stereocenters. The first kappa shape index (κ1) is 21.4. The van der Waals surface area contributed by atoms with Gasteiger partial charge in [0.1, 0.15) is 5.82 Å². The van der Waals surface area contributed by atoms with Crippen LogP contribution in [0.2, 0.25) is 0 Å². The number of hydrogen-bond acceptors (Lipinski definition) is 4. The number of rotatable bonds is 3. The number of anilines is 1. The summed E-state index contributed by atoms with van der Waals surface area (Å²) in [6, 6.07) is 6.60. The minimum absolute atomic E-state index is 0. The lowest BCUT2D eigenvalue weighted by molar-refractivity contribution is 0.222. The molecule has 2 saturated heterocycles. The number of benzene rings is 1. The third-order valence-corrected chi connectivity index (χ3v) is 6.39. The van der Waals surface area contributed by atoms with Gasteiger partial charge in [-0.1, -0.05) is 0 Å². The van der Waals surface area contributed by atoms with Gasteiger partial charge in [-0.05, 0) is 74.9 Å². The Hall–Kier alpha value is -0.880. The van der Waals surface area contributed by atoms with Crippen LogP contribution in [0.4, 0.5) is 9.52 Å². The van der Waals surface area contributed by atoms with E-state index >= 15 is 0 Å². The average molecular weight is 418 g/mol. The quantitative estimate of drug-likeness (QED) is 0.760. The average Bonchev–Trinajstić information content (AvgIpc) is 3.13. The highest BCUT2D eigenvalue weighted by molar-refractivity contribution is 7.14. The van der Waals surface area contributed by atoms with Crippen molar-refractivity contribution in [3.05, 3.63) is 35.5 Å². The standard InChI is InChI=1S/C19H24FN3S.2ClH/c20-17-3-1-16(2-4-17)18-13-24-19(22-18)23-11-7-15(8-12-23)14-5-9-21-10-6-14;;/h1-4,13-15,21H,5-12H2;2*1H. The Bertz CT molecular complexity index is 666. The Kier molecular flexibility index (Phi) is 8.14. The van der Waals surface area contributed by atoms with Crippen molar-refractivity contribution in [3.8, 4) is 11.3 Å². The number of halogens is 3. The van der Waals surface area contributed by atoms with E-state index in [0.29, 0.717) is 0 Å². The molecular weight excluding hydrogens is 392 g/mol. The van der Waals surface area contributed by atoms with Gasteiger partial charge in [0.05, 0.1) is 5.69 Å². The summed E-state index contributed by atoms with van der Waals surface area (Å²) in [5.41, 5.74) is 1.94. The number of thiazole rings is 1. The zero-order valence-electron chi connectivity index (χ0n) is 14.7. The van der Waals surface area contributed by atoms with E-state index in [1.54, 1.807) is 23.5 Å². The molecule has 1 aromatic heterocycles. The Morgan fingerprint density at radius 3 is 2.23 bits per heavy atom. The lowest BCUT2D eigenvalue weighted by atomic mass is 9.79. The van der Waals surface area contributed by atoms with Crippen molar-refractivity contribution in [3.63, 3.8) is 0 Å². The first-order valence-corrected chi connectivity index (χ1v) is 9.85. The van der Waals surface area contributed by atoms with E-state index in [9.17, 15) is 4.39 Å². The maximum Gasteiger partial charge on any atom is 0.185 e. The molecule has 0 radical (unpaired) electrons. The van der Waals surface area contributed by atoms with E-state index in [1.807, 2.05) is 0 Å². The molecule has 0 bridgehead atoms. The molecule has 0 aliphatic carbocycles. The molecule has 144 valence electrons. The predicted octanol–water partition coefficient (Wildman–Crippen LogP) is 5.01. The smallest absolute Gasteiger partial charge is 0.185 e. The van der Waals surface area contributed by atoms with E-state index in [2.05, 4.69) is 15.6 Å². The molecule has 2 aromatic rings. The van der Waals surface area contributed by atoms with Crippen LogP contribution < -0.4 is 10.2 Å². The molecule has 3 heterocycles. The predicted molar refractivity (Wildman–Crippen MR) is 113 cm³/mol. The molecule has 7 heteroatoms. The number of hydrogen-bond donors (Lipinski definition) is 1. The maximum atomic E-state index is 13.1. The van der Waals surface area contributed by atoms with Crippen LogP contribution in [0.25, 0.3) is 11.3 Å². The molecule has 2 fully saturated rings. The molecule has 26 heavy (non-hydrogen) atoms. The number of nitrogens with zero attached hydrogens (tertiary/aromatic N) is 2. The van der Waals surface area contributed by atoms with Crippen molar-refractivity contribution >= 4 is 41.3 Å². The van der Waals surface area contributed by atoms with Crippen molar-refractivity contribution in [2.75, 3.05) is 31.1 Å². The van der Waals surface area contributed by atoms with Crippen molar-refractivity contribution in [2.45, 2.75) is 25.7 Å². The van der Waals surface area contributed by atoms with Crippen LogP contribution >= 0.6 is 36.2 Å². The monoisotopic (exact) mass is 417 g/mol. The van der Waals surface area contributed by atoms with Gasteiger partial charge in [0.15, 0.2) is 5.13 Å². The van der Waals surface area contributed by atoms with Crippen molar-refractivity contribution in [2.24, 2.45) is 11.8 Å². The molecule has 3 nitrogen and oxygen atoms in total.